The Bertz CT molecular complexity index is 894. The Morgan fingerprint density at radius 2 is 1.75 bits per heavy atom. The number of benzene rings is 2. The number of nitrogens with zero attached hydrogens (tertiary/aromatic N) is 3. The van der Waals surface area contributed by atoms with E-state index < -0.39 is 24.0 Å². The minimum Gasteiger partial charge on any atom is -0.480 e. The van der Waals surface area contributed by atoms with Gasteiger partial charge >= 0.3 is 12.1 Å². The van der Waals surface area contributed by atoms with Crippen LogP contribution in [0.5, 0.6) is 0 Å². The van der Waals surface area contributed by atoms with Gasteiger partial charge in [-0.1, -0.05) is 60.6 Å². The maximum absolute atomic E-state index is 12.2. The van der Waals surface area contributed by atoms with E-state index in [1.54, 1.807) is 6.92 Å². The Labute approximate surface area is 161 Å². The van der Waals surface area contributed by atoms with E-state index in [9.17, 15) is 14.7 Å². The van der Waals surface area contributed by atoms with Crippen molar-refractivity contribution in [2.45, 2.75) is 18.9 Å². The van der Waals surface area contributed by atoms with Crippen LogP contribution in [-0.2, 0) is 9.53 Å². The summed E-state index contributed by atoms with van der Waals surface area (Å²) in [4.78, 5) is 26.3. The number of fused-ring (bicyclic) bond motifs is 3. The minimum atomic E-state index is -1.21. The molecule has 1 aliphatic carbocycles. The van der Waals surface area contributed by atoms with E-state index in [1.807, 2.05) is 48.5 Å². The van der Waals surface area contributed by atoms with Crippen LogP contribution in [0.25, 0.3) is 21.6 Å². The van der Waals surface area contributed by atoms with E-state index in [2.05, 4.69) is 15.3 Å². The smallest absolute Gasteiger partial charge is 0.407 e. The molecule has 0 saturated carbocycles. The Morgan fingerprint density at radius 3 is 2.29 bits per heavy atom. The molecule has 28 heavy (non-hydrogen) atoms. The molecule has 1 amide bonds. The van der Waals surface area contributed by atoms with Gasteiger partial charge in [-0.05, 0) is 33.7 Å². The maximum Gasteiger partial charge on any atom is 0.407 e. The van der Waals surface area contributed by atoms with Crippen molar-refractivity contribution >= 4 is 12.1 Å². The van der Waals surface area contributed by atoms with Gasteiger partial charge in [0.2, 0.25) is 0 Å². The van der Waals surface area contributed by atoms with Crippen molar-refractivity contribution in [3.05, 3.63) is 70.1 Å². The number of hydrogen-bond donors (Lipinski definition) is 2. The van der Waals surface area contributed by atoms with Gasteiger partial charge in [-0.25, -0.2) is 9.59 Å². The van der Waals surface area contributed by atoms with Crippen LogP contribution in [0.1, 0.15) is 24.0 Å². The maximum atomic E-state index is 12.2. The van der Waals surface area contributed by atoms with Crippen molar-refractivity contribution in [3.8, 4) is 11.1 Å². The molecule has 0 aliphatic heterocycles. The normalized spacial score (nSPS) is 14.2. The summed E-state index contributed by atoms with van der Waals surface area (Å²) in [6.45, 7) is 1.63. The molecule has 0 aromatic heterocycles. The third-order valence-corrected chi connectivity index (χ3v) is 4.88. The molecule has 0 saturated heterocycles. The topological polar surface area (TPSA) is 124 Å². The lowest BCUT2D eigenvalue weighted by atomic mass is 9.98. The zero-order valence-corrected chi connectivity index (χ0v) is 15.3. The average molecular weight is 380 g/mol. The summed E-state index contributed by atoms with van der Waals surface area (Å²) in [7, 11) is 0. The van der Waals surface area contributed by atoms with E-state index >= 15 is 0 Å². The Morgan fingerprint density at radius 1 is 1.18 bits per heavy atom. The molecule has 2 atom stereocenters. The van der Waals surface area contributed by atoms with Crippen molar-refractivity contribution in [2.75, 3.05) is 13.2 Å². The predicted octanol–water partition coefficient (Wildman–Crippen LogP) is 3.92. The number of nitrogens with one attached hydrogen (secondary N) is 1. The number of ether oxygens (including phenoxy) is 1. The zero-order valence-electron chi connectivity index (χ0n) is 15.3. The number of rotatable bonds is 7. The lowest BCUT2D eigenvalue weighted by Crippen LogP contribution is -2.46. The van der Waals surface area contributed by atoms with E-state index in [1.165, 1.54) is 0 Å². The molecule has 0 fully saturated rings. The number of carbonyl (C=O) groups excluding carboxylic acids is 1. The van der Waals surface area contributed by atoms with E-state index in [4.69, 9.17) is 10.3 Å². The number of aliphatic carboxylic acids is 1. The summed E-state index contributed by atoms with van der Waals surface area (Å²) in [6.07, 6.45) is -0.818. The van der Waals surface area contributed by atoms with E-state index in [0.717, 1.165) is 22.3 Å². The second-order valence-electron chi connectivity index (χ2n) is 6.68. The molecule has 1 aliphatic rings. The zero-order chi connectivity index (χ0) is 20.1. The fourth-order valence-electron chi connectivity index (χ4n) is 3.49. The summed E-state index contributed by atoms with van der Waals surface area (Å²) in [5.74, 6) is -1.90. The van der Waals surface area contributed by atoms with Gasteiger partial charge in [-0.3, -0.25) is 0 Å². The number of hydrogen-bond acceptors (Lipinski definition) is 4. The quantitative estimate of drug-likeness (QED) is 0.429. The average Bonchev–Trinajstić information content (AvgIpc) is 3.02. The molecule has 0 heterocycles. The molecular weight excluding hydrogens is 360 g/mol. The molecule has 0 unspecified atom stereocenters. The Balaban J connectivity index is 1.69. The van der Waals surface area contributed by atoms with Crippen LogP contribution in [0.3, 0.4) is 0 Å². The van der Waals surface area contributed by atoms with Crippen LogP contribution in [0.4, 0.5) is 4.79 Å². The third kappa shape index (κ3) is 3.92. The van der Waals surface area contributed by atoms with Gasteiger partial charge in [0.15, 0.2) is 0 Å². The fourth-order valence-corrected chi connectivity index (χ4v) is 3.49. The van der Waals surface area contributed by atoms with Crippen LogP contribution >= 0.6 is 0 Å². The Hall–Kier alpha value is -3.51. The van der Waals surface area contributed by atoms with Gasteiger partial charge in [0.05, 0.1) is 0 Å². The molecule has 8 nitrogen and oxygen atoms in total. The van der Waals surface area contributed by atoms with Crippen LogP contribution in [0, 0.1) is 5.92 Å². The molecule has 2 aromatic carbocycles. The molecule has 2 N–H and O–H groups in total. The molecule has 2 aromatic rings. The number of carboxylic acid groups (broad SMARTS) is 1. The standard InChI is InChI=1S/C20H20N4O4/c1-12(10-22-24-21)18(19(25)26)23-20(27)28-11-17-15-8-4-2-6-13(15)14-7-3-5-9-16(14)17/h2-9,12,17-18H,10-11H2,1H3,(H,23,27)(H,25,26)/t12-,18-/m0/s1. The molecule has 8 heteroatoms. The first kappa shape index (κ1) is 19.3. The lowest BCUT2D eigenvalue weighted by molar-refractivity contribution is -0.140. The first-order valence-corrected chi connectivity index (χ1v) is 8.88. The van der Waals surface area contributed by atoms with Crippen molar-refractivity contribution in [3.63, 3.8) is 0 Å². The van der Waals surface area contributed by atoms with E-state index in [-0.39, 0.29) is 19.1 Å². The number of alkyl carbamates (subject to hydrolysis) is 1. The highest BCUT2D eigenvalue weighted by molar-refractivity contribution is 5.81. The highest BCUT2D eigenvalue weighted by Crippen LogP contribution is 2.44. The predicted molar refractivity (Wildman–Crippen MR) is 103 cm³/mol. The monoisotopic (exact) mass is 380 g/mol. The highest BCUT2D eigenvalue weighted by Gasteiger charge is 2.30. The summed E-state index contributed by atoms with van der Waals surface area (Å²) < 4.78 is 5.36. The number of azide groups is 1. The van der Waals surface area contributed by atoms with Gasteiger partial charge < -0.3 is 15.2 Å². The van der Waals surface area contributed by atoms with Crippen LogP contribution in [-0.4, -0.2) is 36.4 Å². The molecule has 0 radical (unpaired) electrons. The number of carbonyl (C=O) groups is 2. The van der Waals surface area contributed by atoms with E-state index in [0.29, 0.717) is 0 Å². The SMILES string of the molecule is C[C@@H](CN=[N+]=[N-])[C@H](NC(=O)OCC1c2ccccc2-c2ccccc21)C(=O)O. The van der Waals surface area contributed by atoms with Crippen LogP contribution in [0.2, 0.25) is 0 Å². The minimum absolute atomic E-state index is 0.0445. The van der Waals surface area contributed by atoms with Gasteiger partial charge in [0, 0.05) is 17.4 Å². The summed E-state index contributed by atoms with van der Waals surface area (Å²) in [5.41, 5.74) is 12.7. The van der Waals surface area contributed by atoms with Crippen LogP contribution < -0.4 is 5.32 Å². The lowest BCUT2D eigenvalue weighted by Gasteiger charge is -2.20. The molecule has 0 bridgehead atoms. The Kier molecular flexibility index (Phi) is 5.81. The summed E-state index contributed by atoms with van der Waals surface area (Å²) in [6, 6.07) is 14.7. The van der Waals surface area contributed by atoms with Gasteiger partial charge in [-0.15, -0.1) is 0 Å². The summed E-state index contributed by atoms with van der Waals surface area (Å²) >= 11 is 0. The summed E-state index contributed by atoms with van der Waals surface area (Å²) in [5, 5.41) is 15.0. The second-order valence-corrected chi connectivity index (χ2v) is 6.68. The molecule has 144 valence electrons. The highest BCUT2D eigenvalue weighted by atomic mass is 16.5. The molecule has 0 spiro atoms. The third-order valence-electron chi connectivity index (χ3n) is 4.88. The largest absolute Gasteiger partial charge is 0.480 e. The fraction of sp³-hybridized carbons (Fsp3) is 0.300. The van der Waals surface area contributed by atoms with Crippen LogP contribution in [0.15, 0.2) is 53.6 Å². The van der Waals surface area contributed by atoms with Gasteiger partial charge in [-0.2, -0.15) is 0 Å². The van der Waals surface area contributed by atoms with Gasteiger partial charge in [0.25, 0.3) is 0 Å². The van der Waals surface area contributed by atoms with Gasteiger partial charge in [0.1, 0.15) is 12.6 Å². The number of carboxylic acids is 1. The van der Waals surface area contributed by atoms with Crippen molar-refractivity contribution in [1.82, 2.24) is 5.32 Å². The first-order valence-electron chi connectivity index (χ1n) is 8.88. The van der Waals surface area contributed by atoms with Crippen molar-refractivity contribution in [1.29, 1.82) is 0 Å². The second kappa shape index (κ2) is 8.45. The molecular formula is C20H20N4O4. The first-order chi connectivity index (χ1) is 13.5. The molecule has 3 rings (SSSR count). The number of amides is 1. The van der Waals surface area contributed by atoms with Crippen molar-refractivity contribution < 1.29 is 19.4 Å². The van der Waals surface area contributed by atoms with Crippen molar-refractivity contribution in [2.24, 2.45) is 11.0 Å².